The maximum absolute atomic E-state index is 11.8. The molecule has 0 bridgehead atoms. The van der Waals surface area contributed by atoms with Crippen LogP contribution >= 0.6 is 0 Å². The van der Waals surface area contributed by atoms with E-state index in [0.29, 0.717) is 6.54 Å². The van der Waals surface area contributed by atoms with Gasteiger partial charge < -0.3 is 20.8 Å². The smallest absolute Gasteiger partial charge is 0.312 e. The van der Waals surface area contributed by atoms with Gasteiger partial charge in [0, 0.05) is 19.5 Å². The summed E-state index contributed by atoms with van der Waals surface area (Å²) >= 11 is 0. The summed E-state index contributed by atoms with van der Waals surface area (Å²) in [5.41, 5.74) is 4.96. The number of carbonyl (C=O) groups excluding carboxylic acids is 2. The van der Waals surface area contributed by atoms with Gasteiger partial charge in [-0.2, -0.15) is 0 Å². The van der Waals surface area contributed by atoms with Gasteiger partial charge >= 0.3 is 6.03 Å². The van der Waals surface area contributed by atoms with Crippen molar-refractivity contribution in [3.05, 3.63) is 24.2 Å². The first-order valence-electron chi connectivity index (χ1n) is 7.74. The minimum Gasteiger partial charge on any atom is -0.468 e. The molecule has 0 aromatic carbocycles. The second-order valence-electron chi connectivity index (χ2n) is 5.47. The number of carbonyl (C=O) groups is 2. The molecule has 22 heavy (non-hydrogen) atoms. The highest BCUT2D eigenvalue weighted by molar-refractivity contribution is 5.77. The third kappa shape index (κ3) is 5.07. The SMILES string of the molecule is NC(=O)NCCC(=O)NC[C@H](c1ccco1)N1CCCCC1. The van der Waals surface area contributed by atoms with E-state index in [2.05, 4.69) is 15.5 Å². The lowest BCUT2D eigenvalue weighted by Gasteiger charge is -2.33. The Balaban J connectivity index is 1.84. The second-order valence-corrected chi connectivity index (χ2v) is 5.47. The molecule has 0 aliphatic carbocycles. The summed E-state index contributed by atoms with van der Waals surface area (Å²) < 4.78 is 5.53. The van der Waals surface area contributed by atoms with Crippen molar-refractivity contribution in [3.63, 3.8) is 0 Å². The van der Waals surface area contributed by atoms with Crippen LogP contribution in [0.1, 0.15) is 37.5 Å². The fourth-order valence-electron chi connectivity index (χ4n) is 2.72. The number of piperidine rings is 1. The Morgan fingerprint density at radius 2 is 2.05 bits per heavy atom. The van der Waals surface area contributed by atoms with Crippen LogP contribution < -0.4 is 16.4 Å². The summed E-state index contributed by atoms with van der Waals surface area (Å²) in [5.74, 6) is 0.764. The van der Waals surface area contributed by atoms with Crippen LogP contribution in [-0.2, 0) is 4.79 Å². The molecule has 122 valence electrons. The average molecular weight is 308 g/mol. The first kappa shape index (κ1) is 16.4. The Morgan fingerprint density at radius 3 is 2.68 bits per heavy atom. The van der Waals surface area contributed by atoms with Gasteiger partial charge in [-0.15, -0.1) is 0 Å². The Morgan fingerprint density at radius 1 is 1.27 bits per heavy atom. The fraction of sp³-hybridized carbons (Fsp3) is 0.600. The maximum Gasteiger partial charge on any atom is 0.312 e. The fourth-order valence-corrected chi connectivity index (χ4v) is 2.72. The Bertz CT molecular complexity index is 469. The summed E-state index contributed by atoms with van der Waals surface area (Å²) in [7, 11) is 0. The Kier molecular flexibility index (Phi) is 6.27. The molecule has 1 aliphatic heterocycles. The van der Waals surface area contributed by atoms with Crippen molar-refractivity contribution in [1.29, 1.82) is 0 Å². The molecule has 1 aromatic heterocycles. The number of hydrogen-bond donors (Lipinski definition) is 3. The van der Waals surface area contributed by atoms with Crippen molar-refractivity contribution >= 4 is 11.9 Å². The molecule has 0 unspecified atom stereocenters. The van der Waals surface area contributed by atoms with Crippen LogP contribution in [0.3, 0.4) is 0 Å². The molecular formula is C15H24N4O3. The van der Waals surface area contributed by atoms with Crippen LogP contribution in [-0.4, -0.2) is 43.0 Å². The highest BCUT2D eigenvalue weighted by atomic mass is 16.3. The number of nitrogens with zero attached hydrogens (tertiary/aromatic N) is 1. The number of nitrogens with two attached hydrogens (primary N) is 1. The van der Waals surface area contributed by atoms with E-state index < -0.39 is 6.03 Å². The molecule has 3 amide bonds. The molecule has 7 heteroatoms. The van der Waals surface area contributed by atoms with E-state index in [1.165, 1.54) is 19.3 Å². The molecule has 2 rings (SSSR count). The molecular weight excluding hydrogens is 284 g/mol. The molecule has 1 fully saturated rings. The quantitative estimate of drug-likeness (QED) is 0.699. The van der Waals surface area contributed by atoms with Crippen LogP contribution in [0, 0.1) is 0 Å². The summed E-state index contributed by atoms with van der Waals surface area (Å²) in [5, 5.41) is 5.31. The Labute approximate surface area is 130 Å². The van der Waals surface area contributed by atoms with Crippen LogP contribution in [0.4, 0.5) is 4.79 Å². The molecule has 4 N–H and O–H groups in total. The number of nitrogens with one attached hydrogen (secondary N) is 2. The van der Waals surface area contributed by atoms with Gasteiger partial charge in [-0.1, -0.05) is 6.42 Å². The molecule has 0 spiro atoms. The van der Waals surface area contributed by atoms with E-state index in [4.69, 9.17) is 10.2 Å². The van der Waals surface area contributed by atoms with Crippen molar-refractivity contribution in [3.8, 4) is 0 Å². The molecule has 1 aromatic rings. The van der Waals surface area contributed by atoms with Gasteiger partial charge in [0.15, 0.2) is 0 Å². The summed E-state index contributed by atoms with van der Waals surface area (Å²) in [6.45, 7) is 2.79. The normalized spacial score (nSPS) is 16.9. The number of amides is 3. The van der Waals surface area contributed by atoms with Crippen molar-refractivity contribution in [1.82, 2.24) is 15.5 Å². The van der Waals surface area contributed by atoms with E-state index in [1.54, 1.807) is 6.26 Å². The zero-order valence-corrected chi connectivity index (χ0v) is 12.7. The van der Waals surface area contributed by atoms with Gasteiger partial charge in [0.2, 0.25) is 5.91 Å². The lowest BCUT2D eigenvalue weighted by Crippen LogP contribution is -2.41. The van der Waals surface area contributed by atoms with E-state index >= 15 is 0 Å². The molecule has 1 saturated heterocycles. The largest absolute Gasteiger partial charge is 0.468 e. The first-order chi connectivity index (χ1) is 10.7. The molecule has 1 atom stereocenters. The topological polar surface area (TPSA) is 101 Å². The number of likely N-dealkylation sites (tertiary alicyclic amines) is 1. The van der Waals surface area contributed by atoms with Gasteiger partial charge in [-0.05, 0) is 38.1 Å². The Hall–Kier alpha value is -2.02. The van der Waals surface area contributed by atoms with E-state index in [0.717, 1.165) is 18.8 Å². The molecule has 2 heterocycles. The van der Waals surface area contributed by atoms with E-state index in [-0.39, 0.29) is 24.9 Å². The number of rotatable bonds is 7. The van der Waals surface area contributed by atoms with Crippen LogP contribution in [0.25, 0.3) is 0 Å². The van der Waals surface area contributed by atoms with Crippen molar-refractivity contribution in [2.45, 2.75) is 31.7 Å². The lowest BCUT2D eigenvalue weighted by molar-refractivity contribution is -0.121. The maximum atomic E-state index is 11.8. The number of urea groups is 1. The third-order valence-corrected chi connectivity index (χ3v) is 3.85. The van der Waals surface area contributed by atoms with E-state index in [1.807, 2.05) is 12.1 Å². The molecule has 7 nitrogen and oxygen atoms in total. The zero-order chi connectivity index (χ0) is 15.8. The number of furan rings is 1. The van der Waals surface area contributed by atoms with Crippen molar-refractivity contribution in [2.24, 2.45) is 5.73 Å². The second kappa shape index (κ2) is 8.43. The predicted molar refractivity (Wildman–Crippen MR) is 82.1 cm³/mol. The number of hydrogen-bond acceptors (Lipinski definition) is 4. The zero-order valence-electron chi connectivity index (χ0n) is 12.7. The van der Waals surface area contributed by atoms with Crippen LogP contribution in [0.2, 0.25) is 0 Å². The lowest BCUT2D eigenvalue weighted by atomic mass is 10.1. The van der Waals surface area contributed by atoms with Crippen LogP contribution in [0.5, 0.6) is 0 Å². The van der Waals surface area contributed by atoms with Gasteiger partial charge in [-0.3, -0.25) is 9.69 Å². The van der Waals surface area contributed by atoms with Crippen molar-refractivity contribution in [2.75, 3.05) is 26.2 Å². The molecule has 0 saturated carbocycles. The van der Waals surface area contributed by atoms with Crippen molar-refractivity contribution < 1.29 is 14.0 Å². The highest BCUT2D eigenvalue weighted by Gasteiger charge is 2.24. The average Bonchev–Trinajstić information content (AvgIpc) is 3.02. The highest BCUT2D eigenvalue weighted by Crippen LogP contribution is 2.24. The van der Waals surface area contributed by atoms with Gasteiger partial charge in [0.25, 0.3) is 0 Å². The minimum atomic E-state index is -0.616. The summed E-state index contributed by atoms with van der Waals surface area (Å²) in [6.07, 6.45) is 5.48. The van der Waals surface area contributed by atoms with Gasteiger partial charge in [0.1, 0.15) is 5.76 Å². The van der Waals surface area contributed by atoms with Crippen LogP contribution in [0.15, 0.2) is 22.8 Å². The monoisotopic (exact) mass is 308 g/mol. The molecule has 1 aliphatic rings. The first-order valence-corrected chi connectivity index (χ1v) is 7.74. The minimum absolute atomic E-state index is 0.0587. The number of primary amides is 1. The van der Waals surface area contributed by atoms with Gasteiger partial charge in [-0.25, -0.2) is 4.79 Å². The standard InChI is InChI=1S/C15H24N4O3/c16-15(21)17-7-6-14(20)18-11-12(13-5-4-10-22-13)19-8-2-1-3-9-19/h4-5,10,12H,1-3,6-9,11H2,(H,18,20)(H3,16,17,21)/t12-/m1/s1. The summed E-state index contributed by atoms with van der Waals surface area (Å²) in [6, 6.07) is 3.25. The molecule has 0 radical (unpaired) electrons. The van der Waals surface area contributed by atoms with Gasteiger partial charge in [0.05, 0.1) is 12.3 Å². The predicted octanol–water partition coefficient (Wildman–Crippen LogP) is 0.981. The third-order valence-electron chi connectivity index (χ3n) is 3.85. The summed E-state index contributed by atoms with van der Waals surface area (Å²) in [4.78, 5) is 24.7. The van der Waals surface area contributed by atoms with E-state index in [9.17, 15) is 9.59 Å².